The first-order chi connectivity index (χ1) is 16.7. The second kappa shape index (κ2) is 12.1. The molecule has 9 nitrogen and oxygen atoms in total. The van der Waals surface area contributed by atoms with Crippen LogP contribution < -0.4 is 15.8 Å². The summed E-state index contributed by atoms with van der Waals surface area (Å²) in [6, 6.07) is 15.0. The fourth-order valence-electron chi connectivity index (χ4n) is 4.19. The zero-order valence-corrected chi connectivity index (χ0v) is 20.7. The number of nitrogen functional groups attached to an aromatic ring is 1. The molecule has 1 aliphatic rings. The Bertz CT molecular complexity index is 1150. The van der Waals surface area contributed by atoms with E-state index in [0.717, 1.165) is 24.1 Å². The highest BCUT2D eigenvalue weighted by Gasteiger charge is 2.33. The number of sulfonamides is 1. The summed E-state index contributed by atoms with van der Waals surface area (Å²) in [7, 11) is -3.65. The number of carbonyl (C=O) groups is 2. The lowest BCUT2D eigenvalue weighted by molar-refractivity contribution is -0.133. The lowest BCUT2D eigenvalue weighted by atomic mass is 10.1. The first-order valence-corrected chi connectivity index (χ1v) is 13.4. The van der Waals surface area contributed by atoms with Crippen LogP contribution in [0.25, 0.3) is 0 Å². The SMILES string of the molecule is CCS(=O)(=O)N[C@H](Cc1ccccc1)C(=O)NC(=O)[C@@H]1CCCN1CCc1cccc(C(=N)N)c1. The van der Waals surface area contributed by atoms with Gasteiger partial charge in [0.25, 0.3) is 0 Å². The fraction of sp³-hybridized carbons (Fsp3) is 0.400. The second-order valence-electron chi connectivity index (χ2n) is 8.68. The van der Waals surface area contributed by atoms with E-state index in [1.807, 2.05) is 53.4 Å². The van der Waals surface area contributed by atoms with Gasteiger partial charge >= 0.3 is 0 Å². The van der Waals surface area contributed by atoms with E-state index in [-0.39, 0.29) is 18.0 Å². The van der Waals surface area contributed by atoms with Gasteiger partial charge < -0.3 is 5.73 Å². The van der Waals surface area contributed by atoms with Gasteiger partial charge in [-0.25, -0.2) is 13.1 Å². The molecule has 0 aromatic heterocycles. The van der Waals surface area contributed by atoms with Crippen LogP contribution in [0, 0.1) is 5.41 Å². The molecule has 5 N–H and O–H groups in total. The summed E-state index contributed by atoms with van der Waals surface area (Å²) in [6.45, 7) is 2.84. The minimum Gasteiger partial charge on any atom is -0.384 e. The number of hydrogen-bond donors (Lipinski definition) is 4. The van der Waals surface area contributed by atoms with Gasteiger partial charge in [0, 0.05) is 12.1 Å². The van der Waals surface area contributed by atoms with Crippen molar-refractivity contribution in [2.45, 2.75) is 44.7 Å². The first kappa shape index (κ1) is 26.5. The van der Waals surface area contributed by atoms with Gasteiger partial charge in [-0.3, -0.25) is 25.2 Å². The number of nitrogens with one attached hydrogen (secondary N) is 3. The molecule has 0 aliphatic carbocycles. The molecule has 3 rings (SSSR count). The molecule has 2 aromatic carbocycles. The monoisotopic (exact) mass is 499 g/mol. The third kappa shape index (κ3) is 7.71. The van der Waals surface area contributed by atoms with E-state index in [1.165, 1.54) is 6.92 Å². The van der Waals surface area contributed by atoms with E-state index in [9.17, 15) is 18.0 Å². The summed E-state index contributed by atoms with van der Waals surface area (Å²) in [5.74, 6) is -1.23. The van der Waals surface area contributed by atoms with Gasteiger partial charge in [0.1, 0.15) is 11.9 Å². The number of likely N-dealkylation sites (tertiary alicyclic amines) is 1. The van der Waals surface area contributed by atoms with Crippen LogP contribution in [-0.4, -0.2) is 61.9 Å². The van der Waals surface area contributed by atoms with Crippen LogP contribution in [-0.2, 0) is 32.5 Å². The Morgan fingerprint density at radius 2 is 1.86 bits per heavy atom. The molecule has 2 atom stereocenters. The van der Waals surface area contributed by atoms with Crippen molar-refractivity contribution in [1.82, 2.24) is 14.9 Å². The van der Waals surface area contributed by atoms with E-state index in [2.05, 4.69) is 10.0 Å². The lowest BCUT2D eigenvalue weighted by Crippen LogP contribution is -2.53. The molecule has 0 bridgehead atoms. The molecule has 1 aliphatic heterocycles. The molecule has 0 radical (unpaired) electrons. The Labute approximate surface area is 206 Å². The third-order valence-electron chi connectivity index (χ3n) is 6.14. The van der Waals surface area contributed by atoms with Crippen molar-refractivity contribution in [3.05, 3.63) is 71.3 Å². The smallest absolute Gasteiger partial charge is 0.245 e. The lowest BCUT2D eigenvalue weighted by Gasteiger charge is -2.24. The van der Waals surface area contributed by atoms with Gasteiger partial charge in [-0.2, -0.15) is 0 Å². The molecule has 2 aromatic rings. The third-order valence-corrected chi connectivity index (χ3v) is 7.54. The highest BCUT2D eigenvalue weighted by Crippen LogP contribution is 2.18. The number of hydrogen-bond acceptors (Lipinski definition) is 6. The van der Waals surface area contributed by atoms with E-state index < -0.39 is 33.9 Å². The number of nitrogens with two attached hydrogens (primary N) is 1. The van der Waals surface area contributed by atoms with Gasteiger partial charge in [-0.15, -0.1) is 0 Å². The first-order valence-electron chi connectivity index (χ1n) is 11.7. The summed E-state index contributed by atoms with van der Waals surface area (Å²) in [5, 5.41) is 10.0. The molecule has 1 saturated heterocycles. The van der Waals surface area contributed by atoms with Gasteiger partial charge in [0.05, 0.1) is 11.8 Å². The molecular weight excluding hydrogens is 466 g/mol. The summed E-state index contributed by atoms with van der Waals surface area (Å²) in [6.07, 6.45) is 2.26. The van der Waals surface area contributed by atoms with E-state index in [1.54, 1.807) is 6.07 Å². The molecule has 1 heterocycles. The number of nitrogens with zero attached hydrogens (tertiary/aromatic N) is 1. The summed E-state index contributed by atoms with van der Waals surface area (Å²) < 4.78 is 26.8. The maximum Gasteiger partial charge on any atom is 0.245 e. The maximum absolute atomic E-state index is 13.0. The highest BCUT2D eigenvalue weighted by molar-refractivity contribution is 7.89. The molecule has 0 unspecified atom stereocenters. The number of amides is 2. The van der Waals surface area contributed by atoms with Crippen LogP contribution in [0.15, 0.2) is 54.6 Å². The Hall–Kier alpha value is -3.08. The minimum absolute atomic E-state index is 0.00698. The Balaban J connectivity index is 1.64. The van der Waals surface area contributed by atoms with Crippen molar-refractivity contribution in [3.63, 3.8) is 0 Å². The average Bonchev–Trinajstić information content (AvgIpc) is 3.32. The predicted octanol–water partition coefficient (Wildman–Crippen LogP) is 1.17. The van der Waals surface area contributed by atoms with Crippen LogP contribution in [0.4, 0.5) is 0 Å². The molecule has 2 amide bonds. The summed E-state index contributed by atoms with van der Waals surface area (Å²) in [5.41, 5.74) is 8.03. The molecule has 1 fully saturated rings. The van der Waals surface area contributed by atoms with Gasteiger partial charge in [0.2, 0.25) is 21.8 Å². The van der Waals surface area contributed by atoms with Crippen molar-refractivity contribution >= 4 is 27.7 Å². The van der Waals surface area contributed by atoms with Crippen molar-refractivity contribution in [2.75, 3.05) is 18.8 Å². The molecule has 188 valence electrons. The van der Waals surface area contributed by atoms with Crippen molar-refractivity contribution in [1.29, 1.82) is 5.41 Å². The molecule has 35 heavy (non-hydrogen) atoms. The van der Waals surface area contributed by atoms with Crippen molar-refractivity contribution in [3.8, 4) is 0 Å². The average molecular weight is 500 g/mol. The van der Waals surface area contributed by atoms with Crippen LogP contribution in [0.1, 0.15) is 36.5 Å². The maximum atomic E-state index is 13.0. The van der Waals surface area contributed by atoms with Crippen LogP contribution in [0.2, 0.25) is 0 Å². The number of benzene rings is 2. The largest absolute Gasteiger partial charge is 0.384 e. The molecule has 0 spiro atoms. The van der Waals surface area contributed by atoms with Gasteiger partial charge in [0.15, 0.2) is 0 Å². The second-order valence-corrected chi connectivity index (χ2v) is 10.7. The fourth-order valence-corrected chi connectivity index (χ4v) is 4.98. The minimum atomic E-state index is -3.65. The Kier molecular flexibility index (Phi) is 9.13. The summed E-state index contributed by atoms with van der Waals surface area (Å²) in [4.78, 5) is 28.0. The number of imide groups is 1. The van der Waals surface area contributed by atoms with Crippen LogP contribution in [0.5, 0.6) is 0 Å². The molecular formula is C25H33N5O4S. The quantitative estimate of drug-likeness (QED) is 0.270. The standard InChI is InChI=1S/C25H33N5O4S/c1-2-35(33,34)29-21(17-18-8-4-3-5-9-18)24(31)28-25(32)22-12-7-14-30(22)15-13-19-10-6-11-20(16-19)23(26)27/h3-6,8-11,16,21-22,29H,2,7,12-15,17H2,1H3,(H3,26,27)(H,28,31,32)/t21-,22+/m1/s1. The van der Waals surface area contributed by atoms with Gasteiger partial charge in [-0.1, -0.05) is 48.5 Å². The highest BCUT2D eigenvalue weighted by atomic mass is 32.2. The number of rotatable bonds is 11. The zero-order chi connectivity index (χ0) is 25.4. The molecule has 0 saturated carbocycles. The number of amidine groups is 1. The predicted molar refractivity (Wildman–Crippen MR) is 135 cm³/mol. The zero-order valence-electron chi connectivity index (χ0n) is 19.9. The number of carbonyl (C=O) groups excluding carboxylic acids is 2. The Morgan fingerprint density at radius 3 is 2.54 bits per heavy atom. The van der Waals surface area contributed by atoms with Gasteiger partial charge in [-0.05, 0) is 56.3 Å². The van der Waals surface area contributed by atoms with Crippen molar-refractivity contribution in [2.24, 2.45) is 5.73 Å². The van der Waals surface area contributed by atoms with E-state index in [0.29, 0.717) is 24.9 Å². The topological polar surface area (TPSA) is 145 Å². The van der Waals surface area contributed by atoms with E-state index in [4.69, 9.17) is 11.1 Å². The summed E-state index contributed by atoms with van der Waals surface area (Å²) >= 11 is 0. The molecule has 10 heteroatoms. The Morgan fingerprint density at radius 1 is 1.14 bits per heavy atom. The van der Waals surface area contributed by atoms with E-state index >= 15 is 0 Å². The van der Waals surface area contributed by atoms with Crippen molar-refractivity contribution < 1.29 is 18.0 Å². The normalized spacial score (nSPS) is 17.1. The van der Waals surface area contributed by atoms with Crippen LogP contribution >= 0.6 is 0 Å². The van der Waals surface area contributed by atoms with Crippen LogP contribution in [0.3, 0.4) is 0 Å².